The molecular weight excluding hydrogens is 463 g/mol. The van der Waals surface area contributed by atoms with Crippen LogP contribution < -0.4 is 5.73 Å². The van der Waals surface area contributed by atoms with E-state index < -0.39 is 35.6 Å². The number of alkyl halides is 3. The monoisotopic (exact) mass is 493 g/mol. The number of benzene rings is 1. The van der Waals surface area contributed by atoms with Crippen molar-refractivity contribution in [3.63, 3.8) is 0 Å². The van der Waals surface area contributed by atoms with E-state index in [0.29, 0.717) is 17.9 Å². The molecule has 0 aliphatic heterocycles. The Morgan fingerprint density at radius 2 is 1.97 bits per heavy atom. The molecule has 1 aromatic rings. The predicted octanol–water partition coefficient (Wildman–Crippen LogP) is 6.05. The van der Waals surface area contributed by atoms with E-state index in [9.17, 15) is 23.1 Å². The maximum atomic E-state index is 13.2. The number of aliphatic hydroxyl groups is 1. The topological polar surface area (TPSA) is 72.6 Å². The number of hydrogen-bond acceptors (Lipinski definition) is 4. The summed E-state index contributed by atoms with van der Waals surface area (Å²) >= 11 is 3.03. The molecule has 0 fully saturated rings. The number of anilines is 1. The number of halogens is 4. The first-order chi connectivity index (χ1) is 13.9. The first kappa shape index (κ1) is 26.7. The molecule has 2 unspecified atom stereocenters. The van der Waals surface area contributed by atoms with Crippen molar-refractivity contribution in [3.8, 4) is 0 Å². The second kappa shape index (κ2) is 11.9. The van der Waals surface area contributed by atoms with Gasteiger partial charge in [-0.2, -0.15) is 13.2 Å². The standard InChI is InChI=1S/C22H31BrF3NO3/c1-5-7-13(2)8-6-9-14(3)21(29)30-19(15(4)28)12-16-10-17(22(24,25)26)20(27)18(23)11-16/h10-11,13,19,21,29H,3,5-9,12,27H2,1-2,4H3/t13?,19-,21?/m1/s1. The average molecular weight is 494 g/mol. The van der Waals surface area contributed by atoms with Gasteiger partial charge in [0.2, 0.25) is 0 Å². The predicted molar refractivity (Wildman–Crippen MR) is 116 cm³/mol. The van der Waals surface area contributed by atoms with Crippen LogP contribution >= 0.6 is 15.9 Å². The third kappa shape index (κ3) is 8.40. The van der Waals surface area contributed by atoms with Crippen LogP contribution in [0.15, 0.2) is 28.8 Å². The van der Waals surface area contributed by atoms with Crippen LogP contribution in [0.5, 0.6) is 0 Å². The molecule has 0 aliphatic rings. The summed E-state index contributed by atoms with van der Waals surface area (Å²) in [5.41, 5.74) is 4.77. The molecule has 0 heterocycles. The molecule has 0 bridgehead atoms. The molecule has 0 amide bonds. The molecule has 0 saturated heterocycles. The van der Waals surface area contributed by atoms with Crippen LogP contribution in [0, 0.1) is 5.92 Å². The van der Waals surface area contributed by atoms with Gasteiger partial charge >= 0.3 is 6.18 Å². The summed E-state index contributed by atoms with van der Waals surface area (Å²) in [6.07, 6.45) is -2.59. The maximum Gasteiger partial charge on any atom is 0.418 e. The van der Waals surface area contributed by atoms with Gasteiger partial charge < -0.3 is 15.6 Å². The van der Waals surface area contributed by atoms with Gasteiger partial charge in [-0.05, 0) is 64.9 Å². The van der Waals surface area contributed by atoms with Crippen molar-refractivity contribution in [3.05, 3.63) is 39.9 Å². The lowest BCUT2D eigenvalue weighted by molar-refractivity contribution is -0.148. The summed E-state index contributed by atoms with van der Waals surface area (Å²) < 4.78 is 45.1. The molecule has 0 aliphatic carbocycles. The van der Waals surface area contributed by atoms with Gasteiger partial charge in [0, 0.05) is 10.9 Å². The number of nitrogen functional groups attached to an aromatic ring is 1. The van der Waals surface area contributed by atoms with Crippen LogP contribution in [0.1, 0.15) is 64.0 Å². The minimum atomic E-state index is -4.63. The maximum absolute atomic E-state index is 13.2. The van der Waals surface area contributed by atoms with Crippen LogP contribution in [0.4, 0.5) is 18.9 Å². The fourth-order valence-electron chi connectivity index (χ4n) is 3.22. The van der Waals surface area contributed by atoms with Crippen LogP contribution in [0.2, 0.25) is 0 Å². The zero-order valence-corrected chi connectivity index (χ0v) is 19.3. The highest BCUT2D eigenvalue weighted by molar-refractivity contribution is 9.10. The average Bonchev–Trinajstić information content (AvgIpc) is 2.62. The van der Waals surface area contributed by atoms with Crippen LogP contribution in [-0.2, 0) is 22.1 Å². The molecule has 3 atom stereocenters. The Morgan fingerprint density at radius 3 is 2.50 bits per heavy atom. The van der Waals surface area contributed by atoms with E-state index >= 15 is 0 Å². The number of aliphatic hydroxyl groups excluding tert-OH is 1. The zero-order chi connectivity index (χ0) is 23.1. The molecule has 0 aromatic heterocycles. The number of carbonyl (C=O) groups is 1. The Kier molecular flexibility index (Phi) is 10.5. The lowest BCUT2D eigenvalue weighted by Crippen LogP contribution is -2.31. The van der Waals surface area contributed by atoms with E-state index in [-0.39, 0.29) is 16.5 Å². The van der Waals surface area contributed by atoms with Gasteiger partial charge in [0.15, 0.2) is 12.1 Å². The summed E-state index contributed by atoms with van der Waals surface area (Å²) in [7, 11) is 0. The Labute approximate surface area is 184 Å². The fourth-order valence-corrected chi connectivity index (χ4v) is 3.73. The summed E-state index contributed by atoms with van der Waals surface area (Å²) in [6.45, 7) is 9.40. The molecular formula is C22H31BrF3NO3. The highest BCUT2D eigenvalue weighted by Crippen LogP contribution is 2.38. The summed E-state index contributed by atoms with van der Waals surface area (Å²) in [6, 6.07) is 2.32. The molecule has 8 heteroatoms. The summed E-state index contributed by atoms with van der Waals surface area (Å²) in [4.78, 5) is 12.0. The number of ketones is 1. The highest BCUT2D eigenvalue weighted by atomic mass is 79.9. The number of carbonyl (C=O) groups excluding carboxylic acids is 1. The molecule has 30 heavy (non-hydrogen) atoms. The van der Waals surface area contributed by atoms with Crippen molar-refractivity contribution in [1.29, 1.82) is 0 Å². The molecule has 0 saturated carbocycles. The second-order valence-electron chi connectivity index (χ2n) is 7.77. The van der Waals surface area contributed by atoms with Crippen molar-refractivity contribution < 1.29 is 27.8 Å². The third-order valence-electron chi connectivity index (χ3n) is 4.99. The van der Waals surface area contributed by atoms with Gasteiger partial charge in [0.1, 0.15) is 6.10 Å². The number of Topliss-reactive ketones (excluding diaryl/α,β-unsaturated/α-hetero) is 1. The smallest absolute Gasteiger partial charge is 0.397 e. The zero-order valence-electron chi connectivity index (χ0n) is 17.7. The lowest BCUT2D eigenvalue weighted by atomic mass is 9.97. The van der Waals surface area contributed by atoms with E-state index in [1.807, 2.05) is 0 Å². The largest absolute Gasteiger partial charge is 0.418 e. The number of nitrogens with two attached hydrogens (primary N) is 1. The fraction of sp³-hybridized carbons (Fsp3) is 0.591. The molecule has 1 rings (SSSR count). The molecule has 1 aromatic carbocycles. The number of hydrogen-bond donors (Lipinski definition) is 2. The molecule has 0 spiro atoms. The third-order valence-corrected chi connectivity index (χ3v) is 5.64. The van der Waals surface area contributed by atoms with E-state index in [2.05, 4.69) is 36.4 Å². The van der Waals surface area contributed by atoms with E-state index in [1.165, 1.54) is 13.0 Å². The first-order valence-electron chi connectivity index (χ1n) is 10.0. The van der Waals surface area contributed by atoms with Crippen molar-refractivity contribution in [2.24, 2.45) is 5.92 Å². The number of rotatable bonds is 12. The van der Waals surface area contributed by atoms with Gasteiger partial charge in [-0.3, -0.25) is 4.79 Å². The minimum absolute atomic E-state index is 0.0841. The van der Waals surface area contributed by atoms with E-state index in [0.717, 1.165) is 31.7 Å². The van der Waals surface area contributed by atoms with Gasteiger partial charge in [-0.25, -0.2) is 0 Å². The van der Waals surface area contributed by atoms with E-state index in [4.69, 9.17) is 10.5 Å². The first-order valence-corrected chi connectivity index (χ1v) is 10.8. The Hall–Kier alpha value is -1.38. The highest BCUT2D eigenvalue weighted by Gasteiger charge is 2.34. The molecule has 3 N–H and O–H groups in total. The van der Waals surface area contributed by atoms with Crippen molar-refractivity contribution in [1.82, 2.24) is 0 Å². The van der Waals surface area contributed by atoms with Crippen LogP contribution in [0.3, 0.4) is 0 Å². The lowest BCUT2D eigenvalue weighted by Gasteiger charge is -2.22. The van der Waals surface area contributed by atoms with Crippen LogP contribution in [0.25, 0.3) is 0 Å². The van der Waals surface area contributed by atoms with Gasteiger partial charge in [0.25, 0.3) is 0 Å². The molecule has 4 nitrogen and oxygen atoms in total. The summed E-state index contributed by atoms with van der Waals surface area (Å²) in [5.74, 6) is 0.178. The van der Waals surface area contributed by atoms with Gasteiger partial charge in [-0.1, -0.05) is 39.7 Å². The summed E-state index contributed by atoms with van der Waals surface area (Å²) in [5, 5.41) is 10.3. The quantitative estimate of drug-likeness (QED) is 0.211. The van der Waals surface area contributed by atoms with Crippen molar-refractivity contribution >= 4 is 27.4 Å². The Bertz CT molecular complexity index is 737. The normalized spacial score (nSPS) is 14.9. The van der Waals surface area contributed by atoms with Crippen LogP contribution in [-0.4, -0.2) is 23.3 Å². The van der Waals surface area contributed by atoms with Crippen molar-refractivity contribution in [2.45, 2.75) is 77.9 Å². The van der Waals surface area contributed by atoms with E-state index in [1.54, 1.807) is 0 Å². The van der Waals surface area contributed by atoms with Crippen molar-refractivity contribution in [2.75, 3.05) is 5.73 Å². The molecule has 170 valence electrons. The van der Waals surface area contributed by atoms with Gasteiger partial charge in [-0.15, -0.1) is 0 Å². The van der Waals surface area contributed by atoms with Gasteiger partial charge in [0.05, 0.1) is 11.3 Å². The SMILES string of the molecule is C=C(CCCC(C)CCC)C(O)O[C@H](Cc1cc(Br)c(N)c(C(F)(F)F)c1)C(C)=O. The minimum Gasteiger partial charge on any atom is -0.397 e. The Morgan fingerprint density at radius 1 is 1.33 bits per heavy atom. The number of ether oxygens (including phenoxy) is 1. The molecule has 0 radical (unpaired) electrons. The second-order valence-corrected chi connectivity index (χ2v) is 8.63. The Balaban J connectivity index is 2.81.